The fourth-order valence-corrected chi connectivity index (χ4v) is 3.07. The zero-order valence-electron chi connectivity index (χ0n) is 11.2. The van der Waals surface area contributed by atoms with Crippen molar-refractivity contribution in [2.24, 2.45) is 0 Å². The first kappa shape index (κ1) is 12.7. The van der Waals surface area contributed by atoms with Crippen LogP contribution in [-0.4, -0.2) is 23.2 Å². The van der Waals surface area contributed by atoms with Crippen molar-refractivity contribution < 1.29 is 9.90 Å². The summed E-state index contributed by atoms with van der Waals surface area (Å²) in [5.41, 5.74) is 3.99. The third-order valence-electron chi connectivity index (χ3n) is 4.26. The Morgan fingerprint density at radius 2 is 1.95 bits per heavy atom. The normalized spacial score (nSPS) is 25.3. The lowest BCUT2D eigenvalue weighted by molar-refractivity contribution is -0.122. The maximum absolute atomic E-state index is 11.9. The van der Waals surface area contributed by atoms with E-state index < -0.39 is 0 Å². The molecule has 102 valence electrons. The summed E-state index contributed by atoms with van der Waals surface area (Å²) in [5, 5.41) is 12.2. The van der Waals surface area contributed by atoms with Crippen molar-refractivity contribution in [3.05, 3.63) is 34.9 Å². The van der Waals surface area contributed by atoms with Gasteiger partial charge in [-0.3, -0.25) is 4.79 Å². The van der Waals surface area contributed by atoms with Crippen LogP contribution in [-0.2, 0) is 24.1 Å². The number of hydrogen-bond donors (Lipinski definition) is 2. The molecule has 2 aliphatic carbocycles. The molecule has 0 aromatic heterocycles. The van der Waals surface area contributed by atoms with E-state index in [1.54, 1.807) is 0 Å². The van der Waals surface area contributed by atoms with Crippen LogP contribution in [0.15, 0.2) is 18.2 Å². The van der Waals surface area contributed by atoms with Crippen LogP contribution >= 0.6 is 0 Å². The highest BCUT2D eigenvalue weighted by atomic mass is 16.3. The van der Waals surface area contributed by atoms with Crippen LogP contribution in [0.25, 0.3) is 0 Å². The lowest BCUT2D eigenvalue weighted by Gasteiger charge is -2.32. The Labute approximate surface area is 114 Å². The molecule has 3 nitrogen and oxygen atoms in total. The Morgan fingerprint density at radius 3 is 2.68 bits per heavy atom. The average molecular weight is 259 g/mol. The summed E-state index contributed by atoms with van der Waals surface area (Å²) >= 11 is 0. The van der Waals surface area contributed by atoms with Crippen molar-refractivity contribution in [1.82, 2.24) is 5.32 Å². The number of rotatable bonds is 3. The maximum atomic E-state index is 11.9. The second-order valence-electron chi connectivity index (χ2n) is 5.88. The number of aliphatic hydroxyl groups is 1. The molecule has 0 atom stereocenters. The number of amides is 1. The Balaban J connectivity index is 1.58. The van der Waals surface area contributed by atoms with Crippen LogP contribution in [0.3, 0.4) is 0 Å². The molecule has 3 rings (SSSR count). The maximum Gasteiger partial charge on any atom is 0.224 e. The first-order valence-electron chi connectivity index (χ1n) is 7.29. The van der Waals surface area contributed by atoms with E-state index in [0.717, 1.165) is 12.0 Å². The molecule has 2 aliphatic rings. The summed E-state index contributed by atoms with van der Waals surface area (Å²) in [6.45, 7) is 0. The molecule has 0 heterocycles. The van der Waals surface area contributed by atoms with Gasteiger partial charge in [0.25, 0.3) is 0 Å². The second-order valence-corrected chi connectivity index (χ2v) is 5.88. The molecule has 2 N–H and O–H groups in total. The van der Waals surface area contributed by atoms with Gasteiger partial charge in [0.15, 0.2) is 0 Å². The number of aliphatic hydroxyl groups excluding tert-OH is 1. The third kappa shape index (κ3) is 2.98. The standard InChI is InChI=1S/C16H21NO2/c18-15-9-14(10-15)17-16(19)8-11-5-6-12-3-1-2-4-13(12)7-11/h5-7,14-15,18H,1-4,8-10H2,(H,17,19). The van der Waals surface area contributed by atoms with Gasteiger partial charge in [0.05, 0.1) is 12.5 Å². The van der Waals surface area contributed by atoms with Crippen LogP contribution in [0.1, 0.15) is 42.4 Å². The summed E-state index contributed by atoms with van der Waals surface area (Å²) in [4.78, 5) is 11.9. The van der Waals surface area contributed by atoms with E-state index in [1.807, 2.05) is 0 Å². The molecule has 1 saturated carbocycles. The van der Waals surface area contributed by atoms with Crippen molar-refractivity contribution in [2.45, 2.75) is 57.1 Å². The molecule has 0 saturated heterocycles. The molecule has 3 heteroatoms. The molecule has 0 aliphatic heterocycles. The highest BCUT2D eigenvalue weighted by Crippen LogP contribution is 2.23. The number of carbonyl (C=O) groups is 1. The van der Waals surface area contributed by atoms with Crippen LogP contribution < -0.4 is 5.32 Å². The Hall–Kier alpha value is -1.35. The van der Waals surface area contributed by atoms with Crippen molar-refractivity contribution in [2.75, 3.05) is 0 Å². The summed E-state index contributed by atoms with van der Waals surface area (Å²) in [6.07, 6.45) is 6.54. The number of nitrogens with one attached hydrogen (secondary N) is 1. The van der Waals surface area contributed by atoms with Gasteiger partial charge in [-0.25, -0.2) is 0 Å². The lowest BCUT2D eigenvalue weighted by atomic mass is 9.88. The molecule has 0 bridgehead atoms. The molecule has 1 aromatic carbocycles. The number of fused-ring (bicyclic) bond motifs is 1. The largest absolute Gasteiger partial charge is 0.393 e. The first-order chi connectivity index (χ1) is 9.20. The molecule has 1 amide bonds. The highest BCUT2D eigenvalue weighted by molar-refractivity contribution is 5.79. The fraction of sp³-hybridized carbons (Fsp3) is 0.562. The predicted octanol–water partition coefficient (Wildman–Crippen LogP) is 1.75. The van der Waals surface area contributed by atoms with Gasteiger partial charge in [-0.2, -0.15) is 0 Å². The van der Waals surface area contributed by atoms with Crippen LogP contribution in [0.2, 0.25) is 0 Å². The van der Waals surface area contributed by atoms with E-state index in [0.29, 0.717) is 19.3 Å². The second kappa shape index (κ2) is 5.33. The minimum atomic E-state index is -0.214. The summed E-state index contributed by atoms with van der Waals surface area (Å²) in [5.74, 6) is 0.0765. The van der Waals surface area contributed by atoms with Crippen molar-refractivity contribution in [3.8, 4) is 0 Å². The Morgan fingerprint density at radius 1 is 1.21 bits per heavy atom. The van der Waals surface area contributed by atoms with E-state index in [2.05, 4.69) is 23.5 Å². The monoisotopic (exact) mass is 259 g/mol. The number of aryl methyl sites for hydroxylation is 2. The quantitative estimate of drug-likeness (QED) is 0.869. The molecule has 0 unspecified atom stereocenters. The molecular formula is C16H21NO2. The first-order valence-corrected chi connectivity index (χ1v) is 7.29. The van der Waals surface area contributed by atoms with Gasteiger partial charge >= 0.3 is 0 Å². The van der Waals surface area contributed by atoms with Crippen LogP contribution in [0, 0.1) is 0 Å². The zero-order chi connectivity index (χ0) is 13.2. The van der Waals surface area contributed by atoms with Crippen LogP contribution in [0.5, 0.6) is 0 Å². The fourth-order valence-electron chi connectivity index (χ4n) is 3.07. The Kier molecular flexibility index (Phi) is 3.56. The van der Waals surface area contributed by atoms with Crippen molar-refractivity contribution in [3.63, 3.8) is 0 Å². The van der Waals surface area contributed by atoms with Gasteiger partial charge in [0, 0.05) is 6.04 Å². The minimum absolute atomic E-state index is 0.0765. The number of carbonyl (C=O) groups excluding carboxylic acids is 1. The van der Waals surface area contributed by atoms with E-state index in [1.165, 1.54) is 30.4 Å². The summed E-state index contributed by atoms with van der Waals surface area (Å²) in [6, 6.07) is 6.65. The van der Waals surface area contributed by atoms with Gasteiger partial charge in [-0.1, -0.05) is 18.2 Å². The smallest absolute Gasteiger partial charge is 0.224 e. The minimum Gasteiger partial charge on any atom is -0.393 e. The summed E-state index contributed by atoms with van der Waals surface area (Å²) < 4.78 is 0. The highest BCUT2D eigenvalue weighted by Gasteiger charge is 2.28. The Bertz CT molecular complexity index is 478. The molecule has 0 radical (unpaired) electrons. The summed E-state index contributed by atoms with van der Waals surface area (Å²) in [7, 11) is 0. The number of benzene rings is 1. The van der Waals surface area contributed by atoms with E-state index in [9.17, 15) is 9.90 Å². The van der Waals surface area contributed by atoms with E-state index >= 15 is 0 Å². The van der Waals surface area contributed by atoms with Crippen molar-refractivity contribution in [1.29, 1.82) is 0 Å². The molecule has 0 spiro atoms. The molecule has 1 aromatic rings. The SMILES string of the molecule is O=C(Cc1ccc2c(c1)CCCC2)NC1CC(O)C1. The zero-order valence-corrected chi connectivity index (χ0v) is 11.2. The topological polar surface area (TPSA) is 49.3 Å². The van der Waals surface area contributed by atoms with Gasteiger partial charge < -0.3 is 10.4 Å². The lowest BCUT2D eigenvalue weighted by Crippen LogP contribution is -2.47. The van der Waals surface area contributed by atoms with Gasteiger partial charge in [-0.15, -0.1) is 0 Å². The van der Waals surface area contributed by atoms with E-state index in [4.69, 9.17) is 0 Å². The van der Waals surface area contributed by atoms with Crippen molar-refractivity contribution >= 4 is 5.91 Å². The molecule has 1 fully saturated rings. The molecular weight excluding hydrogens is 238 g/mol. The van der Waals surface area contributed by atoms with Gasteiger partial charge in [-0.05, 0) is 55.2 Å². The van der Waals surface area contributed by atoms with E-state index in [-0.39, 0.29) is 18.1 Å². The number of hydrogen-bond acceptors (Lipinski definition) is 2. The van der Waals surface area contributed by atoms with Gasteiger partial charge in [0.2, 0.25) is 5.91 Å². The molecule has 19 heavy (non-hydrogen) atoms. The predicted molar refractivity (Wildman–Crippen MR) is 74.0 cm³/mol. The average Bonchev–Trinajstić information content (AvgIpc) is 2.37. The third-order valence-corrected chi connectivity index (χ3v) is 4.26. The van der Waals surface area contributed by atoms with Crippen LogP contribution in [0.4, 0.5) is 0 Å². The van der Waals surface area contributed by atoms with Gasteiger partial charge in [0.1, 0.15) is 0 Å².